The van der Waals surface area contributed by atoms with E-state index in [1.54, 1.807) is 0 Å². The molecule has 0 amide bonds. The predicted octanol–water partition coefficient (Wildman–Crippen LogP) is 3.38. The quantitative estimate of drug-likeness (QED) is 0.880. The van der Waals surface area contributed by atoms with Crippen molar-refractivity contribution in [2.24, 2.45) is 5.73 Å². The highest BCUT2D eigenvalue weighted by molar-refractivity contribution is 9.10. The van der Waals surface area contributed by atoms with E-state index in [-0.39, 0.29) is 11.7 Å². The molecule has 2 aliphatic rings. The van der Waals surface area contributed by atoms with Gasteiger partial charge in [0.2, 0.25) is 0 Å². The Morgan fingerprint density at radius 3 is 3.14 bits per heavy atom. The number of para-hydroxylation sites is 1. The van der Waals surface area contributed by atoms with Crippen molar-refractivity contribution in [3.8, 4) is 5.75 Å². The van der Waals surface area contributed by atoms with Crippen LogP contribution in [0.5, 0.6) is 5.75 Å². The van der Waals surface area contributed by atoms with Gasteiger partial charge < -0.3 is 15.2 Å². The lowest BCUT2D eigenvalue weighted by molar-refractivity contribution is -0.0961. The molecule has 2 saturated heterocycles. The van der Waals surface area contributed by atoms with E-state index in [4.69, 9.17) is 15.2 Å². The molecule has 1 aromatic carbocycles. The van der Waals surface area contributed by atoms with Crippen molar-refractivity contribution in [1.82, 2.24) is 0 Å². The fourth-order valence-corrected chi connectivity index (χ4v) is 5.03. The Morgan fingerprint density at radius 2 is 2.38 bits per heavy atom. The number of thioether (sulfide) groups is 1. The second kappa shape index (κ2) is 6.90. The van der Waals surface area contributed by atoms with Gasteiger partial charge in [-0.2, -0.15) is 11.8 Å². The van der Waals surface area contributed by atoms with Crippen LogP contribution in [0.2, 0.25) is 0 Å². The maximum Gasteiger partial charge on any atom is 0.137 e. The number of hydrogen-bond donors (Lipinski definition) is 1. The van der Waals surface area contributed by atoms with Gasteiger partial charge in [0.15, 0.2) is 0 Å². The smallest absolute Gasteiger partial charge is 0.137 e. The molecule has 1 spiro atoms. The molecule has 3 rings (SSSR count). The van der Waals surface area contributed by atoms with Crippen molar-refractivity contribution in [2.75, 3.05) is 24.7 Å². The van der Waals surface area contributed by atoms with Gasteiger partial charge >= 0.3 is 0 Å². The first-order valence-corrected chi connectivity index (χ1v) is 9.53. The number of rotatable bonds is 4. The third kappa shape index (κ3) is 3.58. The van der Waals surface area contributed by atoms with Gasteiger partial charge in [-0.1, -0.05) is 12.1 Å². The number of nitrogens with two attached hydrogens (primary N) is 1. The molecule has 21 heavy (non-hydrogen) atoms. The molecule has 0 aliphatic carbocycles. The fraction of sp³-hybridized carbons (Fsp3) is 0.625. The summed E-state index contributed by atoms with van der Waals surface area (Å²) in [6.07, 6.45) is 4.22. The number of hydrogen-bond acceptors (Lipinski definition) is 4. The molecule has 5 heteroatoms. The van der Waals surface area contributed by atoms with E-state index in [1.165, 1.54) is 11.3 Å². The van der Waals surface area contributed by atoms with Crippen molar-refractivity contribution in [3.05, 3.63) is 28.2 Å². The first-order valence-electron chi connectivity index (χ1n) is 7.58. The first-order chi connectivity index (χ1) is 10.2. The molecule has 0 saturated carbocycles. The summed E-state index contributed by atoms with van der Waals surface area (Å²) >= 11 is 5.61. The highest BCUT2D eigenvalue weighted by Crippen LogP contribution is 2.40. The van der Waals surface area contributed by atoms with E-state index < -0.39 is 0 Å². The summed E-state index contributed by atoms with van der Waals surface area (Å²) < 4.78 is 13.5. The summed E-state index contributed by atoms with van der Waals surface area (Å²) in [7, 11) is 0. The van der Waals surface area contributed by atoms with Crippen molar-refractivity contribution >= 4 is 27.7 Å². The predicted molar refractivity (Wildman–Crippen MR) is 91.2 cm³/mol. The maximum atomic E-state index is 6.36. The monoisotopic (exact) mass is 371 g/mol. The lowest BCUT2D eigenvalue weighted by atomic mass is 9.91. The summed E-state index contributed by atoms with van der Waals surface area (Å²) in [6, 6.07) is 6.18. The minimum Gasteiger partial charge on any atom is -0.489 e. The van der Waals surface area contributed by atoms with Gasteiger partial charge in [-0.15, -0.1) is 0 Å². The lowest BCUT2D eigenvalue weighted by Gasteiger charge is -2.38. The highest BCUT2D eigenvalue weighted by atomic mass is 79.9. The Bertz CT molecular complexity index is 491. The Hall–Kier alpha value is -0.230. The summed E-state index contributed by atoms with van der Waals surface area (Å²) in [6.45, 7) is 1.45. The van der Waals surface area contributed by atoms with Crippen LogP contribution in [0.3, 0.4) is 0 Å². The fourth-order valence-electron chi connectivity index (χ4n) is 3.15. The van der Waals surface area contributed by atoms with Crippen LogP contribution in [-0.4, -0.2) is 36.4 Å². The third-order valence-corrected chi connectivity index (χ3v) is 6.11. The van der Waals surface area contributed by atoms with Crippen LogP contribution in [0.15, 0.2) is 22.7 Å². The van der Waals surface area contributed by atoms with Gasteiger partial charge in [0.25, 0.3) is 0 Å². The number of benzene rings is 1. The number of halogens is 1. The van der Waals surface area contributed by atoms with Crippen molar-refractivity contribution < 1.29 is 9.47 Å². The van der Waals surface area contributed by atoms with E-state index >= 15 is 0 Å². The molecule has 0 aromatic heterocycles. The SMILES string of the molecule is NCCc1cccc(Br)c1OC1CCOC2(CCSC2)C1. The average Bonchev–Trinajstić information content (AvgIpc) is 2.91. The first kappa shape index (κ1) is 15.7. The second-order valence-electron chi connectivity index (χ2n) is 5.83. The minimum atomic E-state index is 0.0584. The summed E-state index contributed by atoms with van der Waals surface area (Å²) in [5.41, 5.74) is 6.96. The molecule has 2 atom stereocenters. The highest BCUT2D eigenvalue weighted by Gasteiger charge is 2.41. The van der Waals surface area contributed by atoms with Crippen LogP contribution in [0, 0.1) is 0 Å². The topological polar surface area (TPSA) is 44.5 Å². The zero-order chi connectivity index (χ0) is 14.7. The Labute approximate surface area is 139 Å². The Morgan fingerprint density at radius 1 is 1.48 bits per heavy atom. The van der Waals surface area contributed by atoms with Crippen LogP contribution in [0.1, 0.15) is 24.8 Å². The molecule has 2 aliphatic heterocycles. The van der Waals surface area contributed by atoms with Crippen LogP contribution in [0.25, 0.3) is 0 Å². The zero-order valence-electron chi connectivity index (χ0n) is 12.1. The molecular weight excluding hydrogens is 350 g/mol. The molecule has 3 nitrogen and oxygen atoms in total. The van der Waals surface area contributed by atoms with Crippen LogP contribution < -0.4 is 10.5 Å². The van der Waals surface area contributed by atoms with Crippen molar-refractivity contribution in [1.29, 1.82) is 0 Å². The van der Waals surface area contributed by atoms with Crippen molar-refractivity contribution in [2.45, 2.75) is 37.4 Å². The van der Waals surface area contributed by atoms with Gasteiger partial charge in [-0.3, -0.25) is 0 Å². The maximum absolute atomic E-state index is 6.36. The van der Waals surface area contributed by atoms with Crippen LogP contribution in [0.4, 0.5) is 0 Å². The average molecular weight is 372 g/mol. The minimum absolute atomic E-state index is 0.0584. The summed E-state index contributed by atoms with van der Waals surface area (Å²) in [5, 5.41) is 0. The normalized spacial score (nSPS) is 29.0. The lowest BCUT2D eigenvalue weighted by Crippen LogP contribution is -2.44. The standard InChI is InChI=1S/C16H22BrNO2S/c17-14-3-1-2-12(4-7-18)15(14)20-13-5-8-19-16(10-13)6-9-21-11-16/h1-3,13H,4-11,18H2. The molecule has 0 bridgehead atoms. The van der Waals surface area contributed by atoms with Gasteiger partial charge in [0.05, 0.1) is 16.7 Å². The molecule has 1 aromatic rings. The molecule has 2 fully saturated rings. The summed E-state index contributed by atoms with van der Waals surface area (Å²) in [5.74, 6) is 3.29. The largest absolute Gasteiger partial charge is 0.489 e. The van der Waals surface area contributed by atoms with E-state index in [9.17, 15) is 0 Å². The molecule has 116 valence electrons. The molecule has 2 N–H and O–H groups in total. The molecule has 2 unspecified atom stereocenters. The number of ether oxygens (including phenoxy) is 2. The van der Waals surface area contributed by atoms with Crippen LogP contribution in [-0.2, 0) is 11.2 Å². The zero-order valence-corrected chi connectivity index (χ0v) is 14.5. The van der Waals surface area contributed by atoms with Gasteiger partial charge in [-0.05, 0) is 52.7 Å². The Kier molecular flexibility index (Phi) is 5.15. The summed E-state index contributed by atoms with van der Waals surface area (Å²) in [4.78, 5) is 0. The van der Waals surface area contributed by atoms with Crippen LogP contribution >= 0.6 is 27.7 Å². The van der Waals surface area contributed by atoms with Gasteiger partial charge in [-0.25, -0.2) is 0 Å². The van der Waals surface area contributed by atoms with E-state index in [0.717, 1.165) is 48.3 Å². The molecular formula is C16H22BrNO2S. The van der Waals surface area contributed by atoms with E-state index in [0.29, 0.717) is 6.54 Å². The van der Waals surface area contributed by atoms with Gasteiger partial charge in [0, 0.05) is 18.6 Å². The van der Waals surface area contributed by atoms with E-state index in [2.05, 4.69) is 22.0 Å². The Balaban J connectivity index is 1.74. The van der Waals surface area contributed by atoms with Gasteiger partial charge in [0.1, 0.15) is 11.9 Å². The van der Waals surface area contributed by atoms with E-state index in [1.807, 2.05) is 23.9 Å². The molecule has 0 radical (unpaired) electrons. The third-order valence-electron chi connectivity index (χ3n) is 4.26. The second-order valence-corrected chi connectivity index (χ2v) is 7.79. The van der Waals surface area contributed by atoms with Crippen molar-refractivity contribution in [3.63, 3.8) is 0 Å². The molecule has 2 heterocycles.